The molecule has 0 spiro atoms. The van der Waals surface area contributed by atoms with E-state index in [1.54, 1.807) is 12.1 Å². The SMILES string of the molecule is Cc1ccc(NC(N)=O)cc1N. The third kappa shape index (κ3) is 1.88. The molecule has 0 bridgehead atoms. The Morgan fingerprint density at radius 3 is 2.67 bits per heavy atom. The van der Waals surface area contributed by atoms with E-state index in [2.05, 4.69) is 5.32 Å². The van der Waals surface area contributed by atoms with E-state index in [1.165, 1.54) is 0 Å². The van der Waals surface area contributed by atoms with Gasteiger partial charge in [-0.15, -0.1) is 0 Å². The van der Waals surface area contributed by atoms with Crippen LogP contribution in [0.25, 0.3) is 0 Å². The number of carbonyl (C=O) groups excluding carboxylic acids is 1. The average Bonchev–Trinajstić information content (AvgIpc) is 1.96. The number of hydrogen-bond donors (Lipinski definition) is 3. The molecule has 0 aliphatic heterocycles. The quantitative estimate of drug-likeness (QED) is 0.544. The van der Waals surface area contributed by atoms with Crippen LogP contribution in [0.15, 0.2) is 18.2 Å². The monoisotopic (exact) mass is 165 g/mol. The second kappa shape index (κ2) is 3.13. The maximum atomic E-state index is 10.4. The first kappa shape index (κ1) is 8.39. The fourth-order valence-corrected chi connectivity index (χ4v) is 0.860. The smallest absolute Gasteiger partial charge is 0.316 e. The van der Waals surface area contributed by atoms with E-state index >= 15 is 0 Å². The Bertz CT molecular complexity index is 309. The van der Waals surface area contributed by atoms with Crippen molar-refractivity contribution >= 4 is 17.4 Å². The summed E-state index contributed by atoms with van der Waals surface area (Å²) in [5, 5.41) is 2.43. The summed E-state index contributed by atoms with van der Waals surface area (Å²) in [6, 6.07) is 4.65. The fraction of sp³-hybridized carbons (Fsp3) is 0.125. The number of primary amides is 1. The minimum Gasteiger partial charge on any atom is -0.398 e. The van der Waals surface area contributed by atoms with Crippen molar-refractivity contribution in [1.82, 2.24) is 0 Å². The molecule has 0 fully saturated rings. The van der Waals surface area contributed by atoms with Gasteiger partial charge in [-0.05, 0) is 24.6 Å². The second-order valence-electron chi connectivity index (χ2n) is 2.56. The fourth-order valence-electron chi connectivity index (χ4n) is 0.860. The van der Waals surface area contributed by atoms with Crippen LogP contribution in [0.1, 0.15) is 5.56 Å². The number of benzene rings is 1. The van der Waals surface area contributed by atoms with Crippen LogP contribution in [-0.4, -0.2) is 6.03 Å². The zero-order valence-electron chi connectivity index (χ0n) is 6.79. The third-order valence-corrected chi connectivity index (χ3v) is 1.55. The van der Waals surface area contributed by atoms with Crippen LogP contribution in [0.5, 0.6) is 0 Å². The minimum atomic E-state index is -0.585. The summed E-state index contributed by atoms with van der Waals surface area (Å²) in [4.78, 5) is 10.4. The first-order chi connectivity index (χ1) is 5.59. The lowest BCUT2D eigenvalue weighted by Gasteiger charge is -2.04. The second-order valence-corrected chi connectivity index (χ2v) is 2.56. The van der Waals surface area contributed by atoms with Gasteiger partial charge in [0.15, 0.2) is 0 Å². The number of rotatable bonds is 1. The maximum Gasteiger partial charge on any atom is 0.316 e. The van der Waals surface area contributed by atoms with Crippen LogP contribution >= 0.6 is 0 Å². The number of nitrogen functional groups attached to an aromatic ring is 1. The molecule has 5 N–H and O–H groups in total. The summed E-state index contributed by atoms with van der Waals surface area (Å²) < 4.78 is 0. The first-order valence-electron chi connectivity index (χ1n) is 3.52. The van der Waals surface area contributed by atoms with Crippen molar-refractivity contribution in [2.75, 3.05) is 11.1 Å². The topological polar surface area (TPSA) is 81.1 Å². The Hall–Kier alpha value is -1.71. The van der Waals surface area contributed by atoms with E-state index in [0.717, 1.165) is 5.56 Å². The van der Waals surface area contributed by atoms with Gasteiger partial charge < -0.3 is 16.8 Å². The van der Waals surface area contributed by atoms with Crippen molar-refractivity contribution in [3.05, 3.63) is 23.8 Å². The molecule has 0 aromatic heterocycles. The molecule has 0 aliphatic carbocycles. The number of nitrogens with two attached hydrogens (primary N) is 2. The van der Waals surface area contributed by atoms with Crippen molar-refractivity contribution in [2.24, 2.45) is 5.73 Å². The number of nitrogens with one attached hydrogen (secondary N) is 1. The summed E-state index contributed by atoms with van der Waals surface area (Å²) in [7, 11) is 0. The molecular weight excluding hydrogens is 154 g/mol. The van der Waals surface area contributed by atoms with Crippen LogP contribution in [0.3, 0.4) is 0 Å². The molecule has 0 saturated carbocycles. The van der Waals surface area contributed by atoms with Crippen molar-refractivity contribution in [3.63, 3.8) is 0 Å². The van der Waals surface area contributed by atoms with Crippen LogP contribution in [0.2, 0.25) is 0 Å². The molecule has 0 aliphatic rings. The van der Waals surface area contributed by atoms with Crippen LogP contribution in [-0.2, 0) is 0 Å². The molecule has 0 saturated heterocycles. The van der Waals surface area contributed by atoms with Gasteiger partial charge in [0.2, 0.25) is 0 Å². The molecule has 1 rings (SSSR count). The lowest BCUT2D eigenvalue weighted by molar-refractivity contribution is 0.259. The van der Waals surface area contributed by atoms with Gasteiger partial charge in [-0.3, -0.25) is 0 Å². The summed E-state index contributed by atoms with van der Waals surface area (Å²) >= 11 is 0. The van der Waals surface area contributed by atoms with Gasteiger partial charge in [0.05, 0.1) is 0 Å². The molecule has 0 radical (unpaired) electrons. The highest BCUT2D eigenvalue weighted by atomic mass is 16.2. The number of urea groups is 1. The standard InChI is InChI=1S/C8H11N3O/c1-5-2-3-6(4-7(5)9)11-8(10)12/h2-4H,9H2,1H3,(H3,10,11,12). The predicted molar refractivity (Wildman–Crippen MR) is 48.8 cm³/mol. The molecule has 2 amide bonds. The number of hydrogen-bond acceptors (Lipinski definition) is 2. The van der Waals surface area contributed by atoms with E-state index in [4.69, 9.17) is 11.5 Å². The molecule has 4 nitrogen and oxygen atoms in total. The largest absolute Gasteiger partial charge is 0.398 e. The average molecular weight is 165 g/mol. The minimum absolute atomic E-state index is 0.585. The molecular formula is C8H11N3O. The Kier molecular flexibility index (Phi) is 2.19. The Labute approximate surface area is 70.6 Å². The van der Waals surface area contributed by atoms with Gasteiger partial charge >= 0.3 is 6.03 Å². The molecule has 1 aromatic rings. The molecule has 64 valence electrons. The lowest BCUT2D eigenvalue weighted by Crippen LogP contribution is -2.19. The number of amides is 2. The molecule has 1 aromatic carbocycles. The molecule has 0 heterocycles. The van der Waals surface area contributed by atoms with E-state index in [-0.39, 0.29) is 0 Å². The molecule has 4 heteroatoms. The highest BCUT2D eigenvalue weighted by molar-refractivity contribution is 5.88. The zero-order valence-corrected chi connectivity index (χ0v) is 6.79. The van der Waals surface area contributed by atoms with Crippen molar-refractivity contribution in [1.29, 1.82) is 0 Å². The van der Waals surface area contributed by atoms with Crippen LogP contribution in [0, 0.1) is 6.92 Å². The molecule has 0 unspecified atom stereocenters. The summed E-state index contributed by atoms with van der Waals surface area (Å²) in [6.45, 7) is 1.89. The number of carbonyl (C=O) groups is 1. The van der Waals surface area contributed by atoms with E-state index < -0.39 is 6.03 Å². The van der Waals surface area contributed by atoms with Gasteiger partial charge in [-0.25, -0.2) is 4.79 Å². The Balaban J connectivity index is 2.89. The summed E-state index contributed by atoms with van der Waals surface area (Å²) in [5.41, 5.74) is 12.8. The van der Waals surface area contributed by atoms with Crippen molar-refractivity contribution < 1.29 is 4.79 Å². The number of aryl methyl sites for hydroxylation is 1. The molecule has 12 heavy (non-hydrogen) atoms. The third-order valence-electron chi connectivity index (χ3n) is 1.55. The van der Waals surface area contributed by atoms with Gasteiger partial charge in [0, 0.05) is 11.4 Å². The number of anilines is 2. The van der Waals surface area contributed by atoms with E-state index in [0.29, 0.717) is 11.4 Å². The highest BCUT2D eigenvalue weighted by Gasteiger charge is 1.97. The maximum absolute atomic E-state index is 10.4. The highest BCUT2D eigenvalue weighted by Crippen LogP contribution is 2.16. The Morgan fingerprint density at radius 1 is 1.50 bits per heavy atom. The lowest BCUT2D eigenvalue weighted by atomic mass is 10.2. The first-order valence-corrected chi connectivity index (χ1v) is 3.52. The van der Waals surface area contributed by atoms with Gasteiger partial charge in [0.1, 0.15) is 0 Å². The van der Waals surface area contributed by atoms with Crippen LogP contribution < -0.4 is 16.8 Å². The van der Waals surface area contributed by atoms with Crippen LogP contribution in [0.4, 0.5) is 16.2 Å². The van der Waals surface area contributed by atoms with Gasteiger partial charge in [-0.2, -0.15) is 0 Å². The normalized spacial score (nSPS) is 9.42. The predicted octanol–water partition coefficient (Wildman–Crippen LogP) is 1.07. The van der Waals surface area contributed by atoms with Gasteiger partial charge in [-0.1, -0.05) is 6.07 Å². The van der Waals surface area contributed by atoms with E-state index in [1.807, 2.05) is 13.0 Å². The van der Waals surface area contributed by atoms with Crippen molar-refractivity contribution in [2.45, 2.75) is 6.92 Å². The van der Waals surface area contributed by atoms with E-state index in [9.17, 15) is 4.79 Å². The summed E-state index contributed by atoms with van der Waals surface area (Å²) in [6.07, 6.45) is 0. The van der Waals surface area contributed by atoms with Gasteiger partial charge in [0.25, 0.3) is 0 Å². The zero-order chi connectivity index (χ0) is 9.14. The Morgan fingerprint density at radius 2 is 2.17 bits per heavy atom. The summed E-state index contributed by atoms with van der Waals surface area (Å²) in [5.74, 6) is 0. The van der Waals surface area contributed by atoms with Crippen molar-refractivity contribution in [3.8, 4) is 0 Å². The molecule has 0 atom stereocenters.